The second-order valence-electron chi connectivity index (χ2n) is 4.03. The lowest BCUT2D eigenvalue weighted by molar-refractivity contribution is 0.102. The molecule has 2 heterocycles. The van der Waals surface area contributed by atoms with Gasteiger partial charge in [0.25, 0.3) is 11.8 Å². The molecule has 2 aromatic heterocycles. The molecule has 0 radical (unpaired) electrons. The highest BCUT2D eigenvalue weighted by molar-refractivity contribution is 7.08. The highest BCUT2D eigenvalue weighted by Gasteiger charge is 2.17. The van der Waals surface area contributed by atoms with Crippen molar-refractivity contribution in [2.75, 3.05) is 5.32 Å². The van der Waals surface area contributed by atoms with E-state index in [0.717, 1.165) is 11.5 Å². The summed E-state index contributed by atoms with van der Waals surface area (Å²) in [6.45, 7) is 1.70. The van der Waals surface area contributed by atoms with E-state index in [1.807, 2.05) is 0 Å². The molecule has 0 saturated carbocycles. The maximum Gasteiger partial charge on any atom is 0.322 e. The highest BCUT2D eigenvalue weighted by Crippen LogP contribution is 2.27. The van der Waals surface area contributed by atoms with Crippen LogP contribution >= 0.6 is 23.1 Å². The topological polar surface area (TPSA) is 93.8 Å². The molecule has 21 heavy (non-hydrogen) atoms. The minimum atomic E-state index is -0.392. The van der Waals surface area contributed by atoms with E-state index in [2.05, 4.69) is 25.1 Å². The molecular weight excluding hydrogens is 314 g/mol. The molecule has 3 rings (SSSR count). The van der Waals surface area contributed by atoms with E-state index >= 15 is 0 Å². The van der Waals surface area contributed by atoms with E-state index in [9.17, 15) is 4.79 Å². The van der Waals surface area contributed by atoms with Gasteiger partial charge in [0.1, 0.15) is 4.88 Å². The van der Waals surface area contributed by atoms with Crippen LogP contribution in [0.25, 0.3) is 11.5 Å². The number of amides is 1. The Hall–Kier alpha value is -2.32. The van der Waals surface area contributed by atoms with Crippen molar-refractivity contribution in [3.05, 3.63) is 39.9 Å². The van der Waals surface area contributed by atoms with Crippen molar-refractivity contribution in [2.24, 2.45) is 0 Å². The number of aromatic nitrogens is 4. The average Bonchev–Trinajstić information content (AvgIpc) is 3.08. The van der Waals surface area contributed by atoms with Gasteiger partial charge in [-0.2, -0.15) is 0 Å². The molecule has 0 aliphatic rings. The summed E-state index contributed by atoms with van der Waals surface area (Å²) in [7, 11) is 0. The fourth-order valence-corrected chi connectivity index (χ4v) is 2.38. The number of nitrogens with zero attached hydrogens (tertiary/aromatic N) is 4. The van der Waals surface area contributed by atoms with Gasteiger partial charge in [0.2, 0.25) is 0 Å². The molecule has 1 N–H and O–H groups in total. The first kappa shape index (κ1) is 13.7. The summed E-state index contributed by atoms with van der Waals surface area (Å²) < 4.78 is 9.08. The van der Waals surface area contributed by atoms with E-state index in [1.165, 1.54) is 0 Å². The summed E-state index contributed by atoms with van der Waals surface area (Å²) in [6.07, 6.45) is 0. The van der Waals surface area contributed by atoms with Crippen LogP contribution in [0.5, 0.6) is 0 Å². The van der Waals surface area contributed by atoms with Gasteiger partial charge >= 0.3 is 6.01 Å². The second-order valence-corrected chi connectivity index (χ2v) is 5.20. The van der Waals surface area contributed by atoms with Gasteiger partial charge in [0, 0.05) is 0 Å². The summed E-state index contributed by atoms with van der Waals surface area (Å²) in [5, 5.41) is 14.4. The van der Waals surface area contributed by atoms with Crippen molar-refractivity contribution in [1.82, 2.24) is 19.8 Å². The number of anilines is 1. The van der Waals surface area contributed by atoms with Crippen LogP contribution in [0.3, 0.4) is 0 Å². The van der Waals surface area contributed by atoms with Gasteiger partial charge in [0.15, 0.2) is 0 Å². The first-order valence-corrected chi connectivity index (χ1v) is 6.99. The fraction of sp³-hybridized carbons (Fsp3) is 0.0833. The third-order valence-corrected chi connectivity index (χ3v) is 3.76. The SMILES string of the molecule is Cc1nnsc1C(=O)Nc1nnc(-c2ccccc2Cl)o1. The highest BCUT2D eigenvalue weighted by atomic mass is 35.5. The number of hydrogen-bond donors (Lipinski definition) is 1. The molecule has 0 fully saturated rings. The Bertz CT molecular complexity index is 800. The molecule has 0 atom stereocenters. The number of aryl methyl sites for hydroxylation is 1. The molecule has 0 unspecified atom stereocenters. The van der Waals surface area contributed by atoms with Gasteiger partial charge in [-0.25, -0.2) is 0 Å². The van der Waals surface area contributed by atoms with Gasteiger partial charge in [-0.3, -0.25) is 10.1 Å². The average molecular weight is 322 g/mol. The summed E-state index contributed by atoms with van der Waals surface area (Å²) in [5.41, 5.74) is 1.14. The lowest BCUT2D eigenvalue weighted by atomic mass is 10.2. The van der Waals surface area contributed by atoms with E-state index in [0.29, 0.717) is 21.2 Å². The van der Waals surface area contributed by atoms with Crippen molar-refractivity contribution in [1.29, 1.82) is 0 Å². The van der Waals surface area contributed by atoms with Crippen molar-refractivity contribution < 1.29 is 9.21 Å². The van der Waals surface area contributed by atoms with Crippen LogP contribution in [0.15, 0.2) is 28.7 Å². The molecule has 0 saturated heterocycles. The number of hydrogen-bond acceptors (Lipinski definition) is 7. The van der Waals surface area contributed by atoms with Crippen LogP contribution in [0.4, 0.5) is 6.01 Å². The zero-order valence-corrected chi connectivity index (χ0v) is 12.3. The molecule has 0 aliphatic heterocycles. The maximum atomic E-state index is 12.0. The van der Waals surface area contributed by atoms with Crippen LogP contribution in [0.1, 0.15) is 15.4 Å². The molecule has 7 nitrogen and oxygen atoms in total. The Balaban J connectivity index is 1.82. The third-order valence-electron chi connectivity index (χ3n) is 2.61. The Morgan fingerprint density at radius 2 is 2.10 bits per heavy atom. The number of carbonyl (C=O) groups is 1. The van der Waals surface area contributed by atoms with Gasteiger partial charge < -0.3 is 4.42 Å². The predicted molar refractivity (Wildman–Crippen MR) is 77.3 cm³/mol. The van der Waals surface area contributed by atoms with E-state index in [1.54, 1.807) is 31.2 Å². The number of benzene rings is 1. The Kier molecular flexibility index (Phi) is 3.63. The smallest absolute Gasteiger partial charge is 0.322 e. The molecule has 0 bridgehead atoms. The van der Waals surface area contributed by atoms with E-state index in [4.69, 9.17) is 16.0 Å². The Morgan fingerprint density at radius 1 is 1.29 bits per heavy atom. The zero-order chi connectivity index (χ0) is 14.8. The summed E-state index contributed by atoms with van der Waals surface area (Å²) >= 11 is 7.04. The molecule has 0 aliphatic carbocycles. The largest absolute Gasteiger partial charge is 0.403 e. The summed E-state index contributed by atoms with van der Waals surface area (Å²) in [6, 6.07) is 7.05. The number of nitrogens with one attached hydrogen (secondary N) is 1. The Morgan fingerprint density at radius 3 is 2.81 bits per heavy atom. The van der Waals surface area contributed by atoms with E-state index < -0.39 is 5.91 Å². The lowest BCUT2D eigenvalue weighted by Crippen LogP contribution is -2.11. The zero-order valence-electron chi connectivity index (χ0n) is 10.7. The minimum absolute atomic E-state index is 0.0114. The van der Waals surface area contributed by atoms with E-state index in [-0.39, 0.29) is 11.9 Å². The van der Waals surface area contributed by atoms with Crippen LogP contribution in [-0.4, -0.2) is 25.7 Å². The van der Waals surface area contributed by atoms with Gasteiger partial charge in [-0.05, 0) is 30.6 Å². The summed E-state index contributed by atoms with van der Waals surface area (Å²) in [4.78, 5) is 12.4. The van der Waals surface area contributed by atoms with Crippen LogP contribution in [0.2, 0.25) is 5.02 Å². The Labute approximate surface area is 128 Å². The monoisotopic (exact) mass is 321 g/mol. The predicted octanol–water partition coefficient (Wildman–Crippen LogP) is 2.80. The fourth-order valence-electron chi connectivity index (χ4n) is 1.61. The van der Waals surface area contributed by atoms with Gasteiger partial charge in [-0.15, -0.1) is 10.2 Å². The van der Waals surface area contributed by atoms with Gasteiger partial charge in [0.05, 0.1) is 16.3 Å². The van der Waals surface area contributed by atoms with Crippen LogP contribution in [0, 0.1) is 6.92 Å². The quantitative estimate of drug-likeness (QED) is 0.797. The van der Waals surface area contributed by atoms with Crippen LogP contribution in [-0.2, 0) is 0 Å². The van der Waals surface area contributed by atoms with Crippen LogP contribution < -0.4 is 5.32 Å². The van der Waals surface area contributed by atoms with Crippen molar-refractivity contribution >= 4 is 35.1 Å². The van der Waals surface area contributed by atoms with Crippen molar-refractivity contribution in [2.45, 2.75) is 6.92 Å². The van der Waals surface area contributed by atoms with Gasteiger partial charge in [-0.1, -0.05) is 33.3 Å². The molecule has 0 spiro atoms. The molecule has 106 valence electrons. The lowest BCUT2D eigenvalue weighted by Gasteiger charge is -1.98. The number of carbonyl (C=O) groups excluding carboxylic acids is 1. The standard InChI is InChI=1S/C12H8ClN5O2S/c1-6-9(21-18-15-6)10(19)14-12-17-16-11(20-12)7-4-2-3-5-8(7)13/h2-5H,1H3,(H,14,17,19). The maximum absolute atomic E-state index is 12.0. The minimum Gasteiger partial charge on any atom is -0.403 e. The second kappa shape index (κ2) is 5.58. The first-order valence-electron chi connectivity index (χ1n) is 5.84. The number of halogens is 1. The molecule has 3 aromatic rings. The normalized spacial score (nSPS) is 10.6. The molecular formula is C12H8ClN5O2S. The summed E-state index contributed by atoms with van der Waals surface area (Å²) in [5.74, 6) is -0.160. The molecule has 9 heteroatoms. The number of rotatable bonds is 3. The van der Waals surface area contributed by atoms with Crippen molar-refractivity contribution in [3.63, 3.8) is 0 Å². The molecule has 1 amide bonds. The molecule has 1 aromatic carbocycles. The third kappa shape index (κ3) is 2.76. The first-order chi connectivity index (χ1) is 10.1. The van der Waals surface area contributed by atoms with Crippen molar-refractivity contribution in [3.8, 4) is 11.5 Å².